The van der Waals surface area contributed by atoms with Gasteiger partial charge in [-0.25, -0.2) is 0 Å². The van der Waals surface area contributed by atoms with Crippen molar-refractivity contribution in [2.24, 2.45) is 0 Å². The van der Waals surface area contributed by atoms with Crippen molar-refractivity contribution in [3.63, 3.8) is 0 Å². The van der Waals surface area contributed by atoms with Crippen LogP contribution in [-0.4, -0.2) is 55.5 Å². The zero-order chi connectivity index (χ0) is 16.0. The van der Waals surface area contributed by atoms with E-state index in [9.17, 15) is 0 Å². The summed E-state index contributed by atoms with van der Waals surface area (Å²) in [6, 6.07) is 0. The van der Waals surface area contributed by atoms with Crippen LogP contribution in [0.3, 0.4) is 0 Å². The van der Waals surface area contributed by atoms with Crippen LogP contribution in [0.25, 0.3) is 0 Å². The van der Waals surface area contributed by atoms with Crippen molar-refractivity contribution in [3.05, 3.63) is 0 Å². The molecule has 0 unspecified atom stereocenters. The van der Waals surface area contributed by atoms with Crippen LogP contribution in [0.5, 0.6) is 0 Å². The Balaban J connectivity index is 1.69. The van der Waals surface area contributed by atoms with Crippen molar-refractivity contribution in [1.29, 1.82) is 0 Å². The minimum Gasteiger partial charge on any atom is -0.372 e. The van der Waals surface area contributed by atoms with Crippen LogP contribution in [0.4, 0.5) is 0 Å². The molecular formula is C16H28O6. The van der Waals surface area contributed by atoms with Gasteiger partial charge in [-0.05, 0) is 34.1 Å². The third kappa shape index (κ3) is 3.32. The molecule has 0 aromatic carbocycles. The molecule has 0 spiro atoms. The Labute approximate surface area is 132 Å². The summed E-state index contributed by atoms with van der Waals surface area (Å²) in [5.41, 5.74) is 0. The smallest absolute Gasteiger partial charge is 0.190 e. The molecule has 22 heavy (non-hydrogen) atoms. The summed E-state index contributed by atoms with van der Waals surface area (Å²) < 4.78 is 35.6. The van der Waals surface area contributed by atoms with Gasteiger partial charge in [-0.15, -0.1) is 0 Å². The quantitative estimate of drug-likeness (QED) is 0.725. The first-order chi connectivity index (χ1) is 10.3. The van der Waals surface area contributed by atoms with Gasteiger partial charge in [-0.1, -0.05) is 13.3 Å². The predicted molar refractivity (Wildman–Crippen MR) is 78.3 cm³/mol. The Morgan fingerprint density at radius 1 is 1.00 bits per heavy atom. The highest BCUT2D eigenvalue weighted by Gasteiger charge is 2.58. The third-order valence-corrected chi connectivity index (χ3v) is 4.23. The Morgan fingerprint density at radius 2 is 1.77 bits per heavy atom. The van der Waals surface area contributed by atoms with Crippen molar-refractivity contribution in [1.82, 2.24) is 0 Å². The van der Waals surface area contributed by atoms with Gasteiger partial charge in [0.1, 0.15) is 24.4 Å². The lowest BCUT2D eigenvalue weighted by Crippen LogP contribution is -2.44. The second-order valence-electron chi connectivity index (χ2n) is 7.13. The fraction of sp³-hybridized carbons (Fsp3) is 1.00. The second kappa shape index (κ2) is 6.00. The Kier molecular flexibility index (Phi) is 4.53. The molecule has 3 fully saturated rings. The van der Waals surface area contributed by atoms with Crippen molar-refractivity contribution in [3.8, 4) is 0 Å². The highest BCUT2D eigenvalue weighted by atomic mass is 16.8. The molecule has 0 radical (unpaired) electrons. The topological polar surface area (TPSA) is 55.4 Å². The van der Waals surface area contributed by atoms with Crippen LogP contribution in [0.15, 0.2) is 0 Å². The lowest BCUT2D eigenvalue weighted by atomic mass is 10.1. The largest absolute Gasteiger partial charge is 0.372 e. The molecule has 0 aliphatic carbocycles. The summed E-state index contributed by atoms with van der Waals surface area (Å²) in [5.74, 6) is -1.22. The summed E-state index contributed by atoms with van der Waals surface area (Å²) in [5, 5.41) is 0. The van der Waals surface area contributed by atoms with E-state index in [2.05, 4.69) is 6.92 Å². The highest BCUT2D eigenvalue weighted by molar-refractivity contribution is 4.98. The molecule has 0 saturated carbocycles. The van der Waals surface area contributed by atoms with E-state index in [1.54, 1.807) is 0 Å². The van der Waals surface area contributed by atoms with E-state index in [1.807, 2.05) is 27.7 Å². The predicted octanol–water partition coefficient (Wildman–Crippen LogP) is 2.20. The first-order valence-electron chi connectivity index (χ1n) is 8.26. The van der Waals surface area contributed by atoms with Gasteiger partial charge in [-0.2, -0.15) is 0 Å². The van der Waals surface area contributed by atoms with E-state index in [4.69, 9.17) is 28.4 Å². The average molecular weight is 316 g/mol. The Hall–Kier alpha value is -0.240. The summed E-state index contributed by atoms with van der Waals surface area (Å²) in [6.07, 6.45) is 0.889. The van der Waals surface area contributed by atoms with Gasteiger partial charge in [0.05, 0.1) is 6.61 Å². The van der Waals surface area contributed by atoms with Crippen LogP contribution in [0.2, 0.25) is 0 Å². The monoisotopic (exact) mass is 316 g/mol. The van der Waals surface area contributed by atoms with Crippen molar-refractivity contribution in [2.45, 2.75) is 89.7 Å². The number of fused-ring (bicyclic) bond motifs is 1. The number of hydrogen-bond acceptors (Lipinski definition) is 6. The number of hydrogen-bond donors (Lipinski definition) is 0. The maximum atomic E-state index is 6.08. The summed E-state index contributed by atoms with van der Waals surface area (Å²) in [7, 11) is 0. The summed E-state index contributed by atoms with van der Waals surface area (Å²) >= 11 is 0. The maximum Gasteiger partial charge on any atom is 0.190 e. The molecule has 3 heterocycles. The van der Waals surface area contributed by atoms with E-state index in [-0.39, 0.29) is 24.4 Å². The van der Waals surface area contributed by atoms with Crippen LogP contribution in [-0.2, 0) is 28.4 Å². The van der Waals surface area contributed by atoms with Gasteiger partial charge in [0, 0.05) is 6.61 Å². The third-order valence-electron chi connectivity index (χ3n) is 4.23. The summed E-state index contributed by atoms with van der Waals surface area (Å²) in [6.45, 7) is 10.9. The highest BCUT2D eigenvalue weighted by Crippen LogP contribution is 2.41. The van der Waals surface area contributed by atoms with Gasteiger partial charge in [0.25, 0.3) is 0 Å². The summed E-state index contributed by atoms with van der Waals surface area (Å²) in [4.78, 5) is 0. The molecule has 6 nitrogen and oxygen atoms in total. The lowest BCUT2D eigenvalue weighted by molar-refractivity contribution is -0.236. The normalized spacial score (nSPS) is 42.7. The number of ether oxygens (including phenoxy) is 6. The van der Waals surface area contributed by atoms with E-state index in [0.717, 1.165) is 12.8 Å². The van der Waals surface area contributed by atoms with Gasteiger partial charge >= 0.3 is 0 Å². The van der Waals surface area contributed by atoms with E-state index < -0.39 is 17.9 Å². The molecule has 128 valence electrons. The minimum atomic E-state index is -0.640. The fourth-order valence-corrected chi connectivity index (χ4v) is 3.23. The molecule has 0 amide bonds. The van der Waals surface area contributed by atoms with Gasteiger partial charge < -0.3 is 28.4 Å². The zero-order valence-electron chi connectivity index (χ0n) is 14.2. The molecular weight excluding hydrogens is 288 g/mol. The molecule has 3 aliphatic rings. The van der Waals surface area contributed by atoms with Gasteiger partial charge in [-0.3, -0.25) is 0 Å². The molecule has 3 rings (SSSR count). The molecule has 0 N–H and O–H groups in total. The fourth-order valence-electron chi connectivity index (χ4n) is 3.23. The van der Waals surface area contributed by atoms with Crippen molar-refractivity contribution < 1.29 is 28.4 Å². The molecule has 6 heteroatoms. The molecule has 0 bridgehead atoms. The standard InChI is InChI=1S/C16H28O6/c1-6-7-8-17-12-11(10-9-18-15(2,3)20-10)19-14-13(12)21-16(4,5)22-14/h10-14H,6-9H2,1-5H3/t10-,11+,12-,13-,14+/m0/s1. The average Bonchev–Trinajstić information content (AvgIpc) is 3.01. The Bertz CT molecular complexity index is 396. The van der Waals surface area contributed by atoms with Crippen molar-refractivity contribution in [2.75, 3.05) is 13.2 Å². The number of unbranched alkanes of at least 4 members (excludes halogenated alkanes) is 1. The van der Waals surface area contributed by atoms with E-state index in [0.29, 0.717) is 13.2 Å². The van der Waals surface area contributed by atoms with Gasteiger partial charge in [0.2, 0.25) is 0 Å². The maximum absolute atomic E-state index is 6.08. The Morgan fingerprint density at radius 3 is 2.41 bits per heavy atom. The minimum absolute atomic E-state index is 0.164. The molecule has 3 aliphatic heterocycles. The SMILES string of the molecule is CCCCO[C@@H]1[C@@H]2OC(C)(C)O[C@H]2O[C@@H]1[C@@H]1COC(C)(C)O1. The molecule has 5 atom stereocenters. The zero-order valence-corrected chi connectivity index (χ0v) is 14.2. The lowest BCUT2D eigenvalue weighted by Gasteiger charge is -2.29. The van der Waals surface area contributed by atoms with E-state index in [1.165, 1.54) is 0 Å². The van der Waals surface area contributed by atoms with E-state index >= 15 is 0 Å². The van der Waals surface area contributed by atoms with Crippen molar-refractivity contribution >= 4 is 0 Å². The van der Waals surface area contributed by atoms with Crippen LogP contribution in [0.1, 0.15) is 47.5 Å². The second-order valence-corrected chi connectivity index (χ2v) is 7.13. The van der Waals surface area contributed by atoms with Crippen LogP contribution < -0.4 is 0 Å². The first-order valence-corrected chi connectivity index (χ1v) is 8.26. The van der Waals surface area contributed by atoms with Crippen LogP contribution >= 0.6 is 0 Å². The van der Waals surface area contributed by atoms with Crippen LogP contribution in [0, 0.1) is 0 Å². The molecule has 0 aromatic heterocycles. The first kappa shape index (κ1) is 16.6. The van der Waals surface area contributed by atoms with Gasteiger partial charge in [0.15, 0.2) is 17.9 Å². The molecule has 0 aromatic rings. The number of rotatable bonds is 5. The molecule has 3 saturated heterocycles.